The van der Waals surface area contributed by atoms with Gasteiger partial charge in [0.1, 0.15) is 0 Å². The van der Waals surface area contributed by atoms with Gasteiger partial charge < -0.3 is 5.11 Å². The minimum absolute atomic E-state index is 0.157. The van der Waals surface area contributed by atoms with Gasteiger partial charge >= 0.3 is 0 Å². The monoisotopic (exact) mass is 180 g/mol. The van der Waals surface area contributed by atoms with Gasteiger partial charge in [-0.2, -0.15) is 0 Å². The number of hydrogen-bond donors (Lipinski definition) is 1. The molecule has 1 rings (SSSR count). The lowest BCUT2D eigenvalue weighted by atomic mass is 9.67. The van der Waals surface area contributed by atoms with Gasteiger partial charge in [0.2, 0.25) is 0 Å². The first-order valence-electron chi connectivity index (χ1n) is 4.95. The molecule has 0 amide bonds. The van der Waals surface area contributed by atoms with E-state index in [0.29, 0.717) is 5.41 Å². The van der Waals surface area contributed by atoms with E-state index in [1.54, 1.807) is 0 Å². The summed E-state index contributed by atoms with van der Waals surface area (Å²) in [6.07, 6.45) is 10.7. The van der Waals surface area contributed by atoms with Gasteiger partial charge in [0, 0.05) is 0 Å². The van der Waals surface area contributed by atoms with E-state index in [4.69, 9.17) is 5.11 Å². The summed E-state index contributed by atoms with van der Waals surface area (Å²) in [5, 5.41) is 8.65. The quantitative estimate of drug-likeness (QED) is 0.662. The molecule has 0 saturated heterocycles. The Kier molecular flexibility index (Phi) is 2.97. The molecule has 0 bridgehead atoms. The van der Waals surface area contributed by atoms with Crippen LogP contribution in [-0.4, -0.2) is 11.7 Å². The van der Waals surface area contributed by atoms with Gasteiger partial charge in [0.05, 0.1) is 6.61 Å². The minimum Gasteiger partial charge on any atom is -0.392 e. The van der Waals surface area contributed by atoms with E-state index in [-0.39, 0.29) is 12.0 Å². The van der Waals surface area contributed by atoms with Crippen LogP contribution in [0.1, 0.15) is 33.6 Å². The SMILES string of the molecule is CC1(C)C=CCC1(C)C/C=C/CO. The van der Waals surface area contributed by atoms with Crippen LogP contribution < -0.4 is 0 Å². The maximum Gasteiger partial charge on any atom is 0.0612 e. The van der Waals surface area contributed by atoms with Gasteiger partial charge in [-0.1, -0.05) is 45.1 Å². The molecule has 1 nitrogen and oxygen atoms in total. The fourth-order valence-electron chi connectivity index (χ4n) is 1.84. The molecule has 1 unspecified atom stereocenters. The number of hydrogen-bond acceptors (Lipinski definition) is 1. The first kappa shape index (κ1) is 10.5. The zero-order valence-electron chi connectivity index (χ0n) is 8.88. The lowest BCUT2D eigenvalue weighted by Gasteiger charge is -2.37. The van der Waals surface area contributed by atoms with Crippen molar-refractivity contribution < 1.29 is 5.11 Å². The van der Waals surface area contributed by atoms with Gasteiger partial charge in [0.15, 0.2) is 0 Å². The second kappa shape index (κ2) is 3.67. The van der Waals surface area contributed by atoms with E-state index < -0.39 is 0 Å². The normalized spacial score (nSPS) is 31.7. The molecule has 1 aliphatic rings. The standard InChI is InChI=1S/C12H20O/c1-11(2)7-6-9-12(11,3)8-4-5-10-13/h4-7,13H,8-10H2,1-3H3/b5-4+. The molecule has 1 aliphatic carbocycles. The van der Waals surface area contributed by atoms with Gasteiger partial charge in [-0.3, -0.25) is 0 Å². The molecule has 0 aromatic carbocycles. The second-order valence-electron chi connectivity index (χ2n) is 4.75. The summed E-state index contributed by atoms with van der Waals surface area (Å²) < 4.78 is 0. The third-order valence-electron chi connectivity index (χ3n) is 3.50. The van der Waals surface area contributed by atoms with Gasteiger partial charge in [-0.05, 0) is 23.7 Å². The smallest absolute Gasteiger partial charge is 0.0612 e. The molecule has 0 aromatic heterocycles. The van der Waals surface area contributed by atoms with Crippen LogP contribution in [0.4, 0.5) is 0 Å². The predicted octanol–water partition coefficient (Wildman–Crippen LogP) is 2.92. The molecule has 0 heterocycles. The fourth-order valence-corrected chi connectivity index (χ4v) is 1.84. The largest absolute Gasteiger partial charge is 0.392 e. The highest BCUT2D eigenvalue weighted by molar-refractivity contribution is 5.14. The highest BCUT2D eigenvalue weighted by atomic mass is 16.2. The Balaban J connectivity index is 2.62. The van der Waals surface area contributed by atoms with Crippen LogP contribution in [-0.2, 0) is 0 Å². The van der Waals surface area contributed by atoms with Crippen molar-refractivity contribution >= 4 is 0 Å². The summed E-state index contributed by atoms with van der Waals surface area (Å²) in [5.74, 6) is 0. The van der Waals surface area contributed by atoms with Crippen molar-refractivity contribution in [3.05, 3.63) is 24.3 Å². The molecule has 1 N–H and O–H groups in total. The van der Waals surface area contributed by atoms with Crippen molar-refractivity contribution in [1.29, 1.82) is 0 Å². The fraction of sp³-hybridized carbons (Fsp3) is 0.667. The molecule has 13 heavy (non-hydrogen) atoms. The summed E-state index contributed by atoms with van der Waals surface area (Å²) in [5.41, 5.74) is 0.617. The summed E-state index contributed by atoms with van der Waals surface area (Å²) in [7, 11) is 0. The average Bonchev–Trinajstić information content (AvgIpc) is 2.28. The molecular weight excluding hydrogens is 160 g/mol. The van der Waals surface area contributed by atoms with Crippen molar-refractivity contribution in [2.24, 2.45) is 10.8 Å². The maximum atomic E-state index is 8.65. The van der Waals surface area contributed by atoms with Gasteiger partial charge in [-0.15, -0.1) is 0 Å². The highest BCUT2D eigenvalue weighted by Gasteiger charge is 2.40. The van der Waals surface area contributed by atoms with Crippen LogP contribution in [0.5, 0.6) is 0 Å². The van der Waals surface area contributed by atoms with Crippen LogP contribution >= 0.6 is 0 Å². The molecule has 1 atom stereocenters. The van der Waals surface area contributed by atoms with E-state index in [9.17, 15) is 0 Å². The predicted molar refractivity (Wildman–Crippen MR) is 56.5 cm³/mol. The summed E-state index contributed by atoms with van der Waals surface area (Å²) in [6, 6.07) is 0. The second-order valence-corrected chi connectivity index (χ2v) is 4.75. The molecule has 0 aromatic rings. The first-order valence-corrected chi connectivity index (χ1v) is 4.95. The molecule has 0 spiro atoms. The summed E-state index contributed by atoms with van der Waals surface area (Å²) >= 11 is 0. The highest BCUT2D eigenvalue weighted by Crippen LogP contribution is 2.50. The van der Waals surface area contributed by atoms with E-state index in [0.717, 1.165) is 12.8 Å². The van der Waals surface area contributed by atoms with Crippen LogP contribution in [0, 0.1) is 10.8 Å². The van der Waals surface area contributed by atoms with Crippen LogP contribution in [0.15, 0.2) is 24.3 Å². The third-order valence-corrected chi connectivity index (χ3v) is 3.50. The molecule has 1 heteroatoms. The van der Waals surface area contributed by atoms with E-state index in [2.05, 4.69) is 39.0 Å². The van der Waals surface area contributed by atoms with Crippen LogP contribution in [0.25, 0.3) is 0 Å². The lowest BCUT2D eigenvalue weighted by molar-refractivity contribution is 0.166. The Morgan fingerprint density at radius 3 is 2.46 bits per heavy atom. The summed E-state index contributed by atoms with van der Waals surface area (Å²) in [4.78, 5) is 0. The Hall–Kier alpha value is -0.560. The lowest BCUT2D eigenvalue weighted by Crippen LogP contribution is -2.29. The topological polar surface area (TPSA) is 20.2 Å². The average molecular weight is 180 g/mol. The van der Waals surface area contributed by atoms with Crippen molar-refractivity contribution in [1.82, 2.24) is 0 Å². The van der Waals surface area contributed by atoms with Gasteiger partial charge in [0.25, 0.3) is 0 Å². The zero-order valence-corrected chi connectivity index (χ0v) is 8.88. The van der Waals surface area contributed by atoms with Crippen LogP contribution in [0.2, 0.25) is 0 Å². The number of rotatable bonds is 3. The molecule has 0 fully saturated rings. The number of aliphatic hydroxyl groups is 1. The van der Waals surface area contributed by atoms with E-state index >= 15 is 0 Å². The minimum atomic E-state index is 0.157. The Bertz CT molecular complexity index is 225. The van der Waals surface area contributed by atoms with Crippen LogP contribution in [0.3, 0.4) is 0 Å². The Labute approximate surface area is 81.2 Å². The maximum absolute atomic E-state index is 8.65. The van der Waals surface area contributed by atoms with E-state index in [1.807, 2.05) is 6.08 Å². The third kappa shape index (κ3) is 2.02. The molecular formula is C12H20O. The molecule has 74 valence electrons. The first-order chi connectivity index (χ1) is 6.02. The Morgan fingerprint density at radius 1 is 1.31 bits per heavy atom. The van der Waals surface area contributed by atoms with Crippen molar-refractivity contribution in [3.63, 3.8) is 0 Å². The van der Waals surface area contributed by atoms with E-state index in [1.165, 1.54) is 0 Å². The number of allylic oxidation sites excluding steroid dienone is 3. The van der Waals surface area contributed by atoms with Gasteiger partial charge in [-0.25, -0.2) is 0 Å². The zero-order chi connectivity index (χ0) is 9.95. The summed E-state index contributed by atoms with van der Waals surface area (Å²) in [6.45, 7) is 7.03. The van der Waals surface area contributed by atoms with Crippen molar-refractivity contribution in [2.75, 3.05) is 6.61 Å². The molecule has 0 radical (unpaired) electrons. The Morgan fingerprint density at radius 2 is 2.00 bits per heavy atom. The molecule has 0 saturated carbocycles. The number of aliphatic hydroxyl groups excluding tert-OH is 1. The van der Waals surface area contributed by atoms with Crippen molar-refractivity contribution in [2.45, 2.75) is 33.6 Å². The van der Waals surface area contributed by atoms with Crippen molar-refractivity contribution in [3.8, 4) is 0 Å². The molecule has 0 aliphatic heterocycles.